The van der Waals surface area contributed by atoms with Crippen molar-refractivity contribution < 1.29 is 24.2 Å². The molecule has 0 fully saturated rings. The SMILES string of the molecule is Cn1nccc1C(NC(=O)CCNC(=O)OCC1c2ccccc2-c2ccccc21)C(=O)O. The highest BCUT2D eigenvalue weighted by Gasteiger charge is 2.29. The predicted octanol–water partition coefficient (Wildman–Crippen LogP) is 2.59. The summed E-state index contributed by atoms with van der Waals surface area (Å²) in [6.07, 6.45) is 0.730. The zero-order valence-electron chi connectivity index (χ0n) is 18.0. The first-order valence-corrected chi connectivity index (χ1v) is 10.5. The average Bonchev–Trinajstić information content (AvgIpc) is 3.37. The lowest BCUT2D eigenvalue weighted by Gasteiger charge is -2.16. The van der Waals surface area contributed by atoms with Crippen LogP contribution in [0.5, 0.6) is 0 Å². The summed E-state index contributed by atoms with van der Waals surface area (Å²) in [6, 6.07) is 16.4. The van der Waals surface area contributed by atoms with Gasteiger partial charge in [-0.1, -0.05) is 48.5 Å². The van der Waals surface area contributed by atoms with Gasteiger partial charge in [0.25, 0.3) is 0 Å². The zero-order valence-corrected chi connectivity index (χ0v) is 18.0. The van der Waals surface area contributed by atoms with Gasteiger partial charge in [-0.15, -0.1) is 0 Å². The Morgan fingerprint density at radius 2 is 1.70 bits per heavy atom. The molecule has 1 aliphatic carbocycles. The highest BCUT2D eigenvalue weighted by Crippen LogP contribution is 2.44. The van der Waals surface area contributed by atoms with Gasteiger partial charge < -0.3 is 20.5 Å². The number of nitrogens with zero attached hydrogens (tertiary/aromatic N) is 2. The number of alkyl carbamates (subject to hydrolysis) is 1. The second-order valence-corrected chi connectivity index (χ2v) is 7.72. The van der Waals surface area contributed by atoms with Crippen molar-refractivity contribution in [2.45, 2.75) is 18.4 Å². The fourth-order valence-electron chi connectivity index (χ4n) is 4.09. The maximum Gasteiger partial charge on any atom is 0.407 e. The Kier molecular flexibility index (Phi) is 6.39. The number of nitrogens with one attached hydrogen (secondary N) is 2. The number of carboxylic acid groups (broad SMARTS) is 1. The number of benzene rings is 2. The Hall–Kier alpha value is -4.14. The first-order chi connectivity index (χ1) is 16.0. The highest BCUT2D eigenvalue weighted by atomic mass is 16.5. The number of amides is 2. The Labute approximate surface area is 190 Å². The molecule has 2 amide bonds. The first kappa shape index (κ1) is 22.1. The Morgan fingerprint density at radius 3 is 2.27 bits per heavy atom. The summed E-state index contributed by atoms with van der Waals surface area (Å²) < 4.78 is 6.81. The number of carbonyl (C=O) groups is 3. The van der Waals surface area contributed by atoms with E-state index in [1.54, 1.807) is 7.05 Å². The summed E-state index contributed by atoms with van der Waals surface area (Å²) in [4.78, 5) is 35.9. The van der Waals surface area contributed by atoms with Crippen LogP contribution in [0.1, 0.15) is 35.2 Å². The summed E-state index contributed by atoms with van der Waals surface area (Å²) in [6.45, 7) is 0.188. The summed E-state index contributed by atoms with van der Waals surface area (Å²) in [5, 5.41) is 18.3. The van der Waals surface area contributed by atoms with Gasteiger partial charge in [0.2, 0.25) is 5.91 Å². The van der Waals surface area contributed by atoms with E-state index in [0.29, 0.717) is 5.69 Å². The molecule has 1 aliphatic rings. The lowest BCUT2D eigenvalue weighted by molar-refractivity contribution is -0.142. The van der Waals surface area contributed by atoms with Gasteiger partial charge in [-0.2, -0.15) is 5.10 Å². The maximum absolute atomic E-state index is 12.2. The van der Waals surface area contributed by atoms with Gasteiger partial charge >= 0.3 is 12.1 Å². The third kappa shape index (κ3) is 4.72. The molecule has 0 aliphatic heterocycles. The van der Waals surface area contributed by atoms with E-state index in [1.165, 1.54) is 16.9 Å². The molecule has 170 valence electrons. The number of hydrogen-bond donors (Lipinski definition) is 3. The number of rotatable bonds is 8. The topological polar surface area (TPSA) is 123 Å². The number of fused-ring (bicyclic) bond motifs is 3. The van der Waals surface area contributed by atoms with Gasteiger partial charge in [0.05, 0.1) is 5.69 Å². The molecule has 3 aromatic rings. The molecule has 9 heteroatoms. The normalized spacial score (nSPS) is 13.0. The van der Waals surface area contributed by atoms with Crippen molar-refractivity contribution in [2.24, 2.45) is 7.05 Å². The van der Waals surface area contributed by atoms with Gasteiger partial charge in [0, 0.05) is 32.1 Å². The average molecular weight is 448 g/mol. The monoisotopic (exact) mass is 448 g/mol. The molecule has 33 heavy (non-hydrogen) atoms. The lowest BCUT2D eigenvalue weighted by Crippen LogP contribution is -2.37. The first-order valence-electron chi connectivity index (χ1n) is 10.5. The lowest BCUT2D eigenvalue weighted by atomic mass is 9.98. The van der Waals surface area contributed by atoms with Crippen molar-refractivity contribution >= 4 is 18.0 Å². The third-order valence-corrected chi connectivity index (χ3v) is 5.67. The van der Waals surface area contributed by atoms with Gasteiger partial charge in [-0.25, -0.2) is 9.59 Å². The molecule has 2 aromatic carbocycles. The number of carbonyl (C=O) groups excluding carboxylic acids is 2. The van der Waals surface area contributed by atoms with Crippen molar-refractivity contribution in [3.8, 4) is 11.1 Å². The van der Waals surface area contributed by atoms with Crippen LogP contribution in [0.2, 0.25) is 0 Å². The molecule has 0 radical (unpaired) electrons. The minimum atomic E-state index is -1.22. The van der Waals surface area contributed by atoms with Crippen LogP contribution in [0.3, 0.4) is 0 Å². The summed E-state index contributed by atoms with van der Waals surface area (Å²) in [5.74, 6) is -1.76. The number of aliphatic carboxylic acids is 1. The largest absolute Gasteiger partial charge is 0.479 e. The molecular formula is C24H24N4O5. The molecule has 1 aromatic heterocycles. The molecule has 1 atom stereocenters. The van der Waals surface area contributed by atoms with Crippen molar-refractivity contribution in [2.75, 3.05) is 13.2 Å². The zero-order chi connectivity index (χ0) is 23.4. The van der Waals surface area contributed by atoms with Crippen LogP contribution in [0, 0.1) is 0 Å². The second-order valence-electron chi connectivity index (χ2n) is 7.72. The van der Waals surface area contributed by atoms with Crippen LogP contribution in [0.4, 0.5) is 4.79 Å². The molecule has 0 saturated heterocycles. The molecule has 1 unspecified atom stereocenters. The molecule has 0 saturated carbocycles. The highest BCUT2D eigenvalue weighted by molar-refractivity contribution is 5.84. The van der Waals surface area contributed by atoms with Crippen LogP contribution in [0.15, 0.2) is 60.8 Å². The van der Waals surface area contributed by atoms with Crippen molar-refractivity contribution in [3.63, 3.8) is 0 Å². The molecule has 0 spiro atoms. The van der Waals surface area contributed by atoms with Crippen molar-refractivity contribution in [1.82, 2.24) is 20.4 Å². The van der Waals surface area contributed by atoms with E-state index in [9.17, 15) is 19.5 Å². The Morgan fingerprint density at radius 1 is 1.06 bits per heavy atom. The van der Waals surface area contributed by atoms with Gasteiger partial charge in [-0.3, -0.25) is 9.48 Å². The van der Waals surface area contributed by atoms with E-state index < -0.39 is 24.0 Å². The van der Waals surface area contributed by atoms with E-state index in [-0.39, 0.29) is 25.5 Å². The molecular weight excluding hydrogens is 424 g/mol. The van der Waals surface area contributed by atoms with Crippen LogP contribution < -0.4 is 10.6 Å². The summed E-state index contributed by atoms with van der Waals surface area (Å²) in [5.41, 5.74) is 4.85. The number of carboxylic acids is 1. The smallest absolute Gasteiger partial charge is 0.407 e. The predicted molar refractivity (Wildman–Crippen MR) is 119 cm³/mol. The van der Waals surface area contributed by atoms with Crippen molar-refractivity contribution in [3.05, 3.63) is 77.6 Å². The molecule has 0 bridgehead atoms. The standard InChI is InChI=1S/C24H24N4O5/c1-28-20(10-13-26-28)22(23(30)31)27-21(29)11-12-25-24(32)33-14-19-17-8-4-2-6-15(17)16-7-3-5-9-18(16)19/h2-10,13,19,22H,11-12,14H2,1H3,(H,25,32)(H,27,29)(H,30,31). The van der Waals surface area contributed by atoms with Crippen LogP contribution in [0.25, 0.3) is 11.1 Å². The van der Waals surface area contributed by atoms with Gasteiger partial charge in [0.1, 0.15) is 6.61 Å². The van der Waals surface area contributed by atoms with Gasteiger partial charge in [0.15, 0.2) is 6.04 Å². The number of ether oxygens (including phenoxy) is 1. The number of hydrogen-bond acceptors (Lipinski definition) is 5. The number of aryl methyl sites for hydroxylation is 1. The third-order valence-electron chi connectivity index (χ3n) is 5.67. The molecule has 3 N–H and O–H groups in total. The van der Waals surface area contributed by atoms with E-state index in [2.05, 4.69) is 27.9 Å². The van der Waals surface area contributed by atoms with Crippen LogP contribution in [-0.4, -0.2) is 46.0 Å². The second kappa shape index (κ2) is 9.56. The maximum atomic E-state index is 12.2. The van der Waals surface area contributed by atoms with E-state index in [1.807, 2.05) is 36.4 Å². The number of aromatic nitrogens is 2. The van der Waals surface area contributed by atoms with Gasteiger partial charge in [-0.05, 0) is 28.3 Å². The van der Waals surface area contributed by atoms with E-state index >= 15 is 0 Å². The van der Waals surface area contributed by atoms with Crippen LogP contribution in [-0.2, 0) is 21.4 Å². The molecule has 9 nitrogen and oxygen atoms in total. The minimum Gasteiger partial charge on any atom is -0.479 e. The minimum absolute atomic E-state index is 0.0141. The van der Waals surface area contributed by atoms with Crippen LogP contribution >= 0.6 is 0 Å². The molecule has 4 rings (SSSR count). The quantitative estimate of drug-likeness (QED) is 0.487. The van der Waals surface area contributed by atoms with E-state index in [4.69, 9.17) is 4.74 Å². The summed E-state index contributed by atoms with van der Waals surface area (Å²) >= 11 is 0. The van der Waals surface area contributed by atoms with Crippen molar-refractivity contribution in [1.29, 1.82) is 0 Å². The molecule has 1 heterocycles. The fraction of sp³-hybridized carbons (Fsp3) is 0.250. The Bertz CT molecular complexity index is 1140. The Balaban J connectivity index is 1.27. The fourth-order valence-corrected chi connectivity index (χ4v) is 4.09. The van der Waals surface area contributed by atoms with E-state index in [0.717, 1.165) is 22.3 Å². The summed E-state index contributed by atoms with van der Waals surface area (Å²) in [7, 11) is 1.59.